The third-order valence-corrected chi connectivity index (χ3v) is 3.32. The summed E-state index contributed by atoms with van der Waals surface area (Å²) in [5.74, 6) is 0.827. The normalized spacial score (nSPS) is 16.3. The average molecular weight is 319 g/mol. The van der Waals surface area contributed by atoms with Gasteiger partial charge in [-0.1, -0.05) is 6.58 Å². The van der Waals surface area contributed by atoms with Crippen LogP contribution in [0.4, 0.5) is 11.4 Å². The molecule has 0 unspecified atom stereocenters. The van der Waals surface area contributed by atoms with Crippen molar-refractivity contribution in [3.05, 3.63) is 54.0 Å². The van der Waals surface area contributed by atoms with Crippen molar-refractivity contribution in [2.45, 2.75) is 0 Å². The quantitative estimate of drug-likeness (QED) is 0.572. The summed E-state index contributed by atoms with van der Waals surface area (Å²) in [5, 5.41) is 19.2. The van der Waals surface area contributed by atoms with E-state index in [2.05, 4.69) is 12.1 Å². The first-order chi connectivity index (χ1) is 11.0. The zero-order valence-corrected chi connectivity index (χ0v) is 13.2. The fraction of sp³-hybridized carbons (Fsp3) is 0.188. The van der Waals surface area contributed by atoms with Gasteiger partial charge in [0.1, 0.15) is 18.5 Å². The van der Waals surface area contributed by atoms with Crippen molar-refractivity contribution in [1.82, 2.24) is 0 Å². The Morgan fingerprint density at radius 2 is 1.87 bits per heavy atom. The molecule has 0 aliphatic heterocycles. The molecule has 1 aliphatic rings. The van der Waals surface area contributed by atoms with Crippen molar-refractivity contribution >= 4 is 17.1 Å². The van der Waals surface area contributed by atoms with Crippen molar-refractivity contribution in [2.24, 2.45) is 0 Å². The second-order valence-corrected chi connectivity index (χ2v) is 4.62. The van der Waals surface area contributed by atoms with Crippen molar-refractivity contribution in [3.63, 3.8) is 0 Å². The van der Waals surface area contributed by atoms with Gasteiger partial charge in [0.05, 0.1) is 20.3 Å². The lowest BCUT2D eigenvalue weighted by Gasteiger charge is -2.13. The first kappa shape index (κ1) is 16.4. The summed E-state index contributed by atoms with van der Waals surface area (Å²) in [7, 11) is 4.46. The molecule has 0 amide bonds. The third-order valence-electron chi connectivity index (χ3n) is 3.32. The van der Waals surface area contributed by atoms with Crippen molar-refractivity contribution in [2.75, 3.05) is 26.8 Å². The lowest BCUT2D eigenvalue weighted by molar-refractivity contribution is -0.719. The van der Waals surface area contributed by atoms with Gasteiger partial charge in [-0.25, -0.2) is 0 Å². The molecule has 0 saturated heterocycles. The van der Waals surface area contributed by atoms with Crippen LogP contribution in [0.15, 0.2) is 54.0 Å². The molecule has 0 bridgehead atoms. The maximum Gasteiger partial charge on any atom is 0.283 e. The molecule has 7 nitrogen and oxygen atoms in total. The molecule has 1 aromatic rings. The molecule has 0 fully saturated rings. The summed E-state index contributed by atoms with van der Waals surface area (Å²) in [4.78, 5) is 5.42. The minimum Gasteiger partial charge on any atom is -0.504 e. The number of allylic oxidation sites excluding steroid dienone is 3. The van der Waals surface area contributed by atoms with Crippen LogP contribution in [0.25, 0.3) is 0 Å². The number of ether oxygens (including phenoxy) is 2. The number of aliphatic hydroxyl groups is 1. The Morgan fingerprint density at radius 1 is 1.13 bits per heavy atom. The topological polar surface area (TPSA) is 83.2 Å². The number of hydrogen-bond donors (Lipinski definition) is 3. The van der Waals surface area contributed by atoms with Crippen molar-refractivity contribution in [3.8, 4) is 5.75 Å². The van der Waals surface area contributed by atoms with Gasteiger partial charge in [-0.2, -0.15) is 0 Å². The second kappa shape index (κ2) is 6.89. The lowest BCUT2D eigenvalue weighted by atomic mass is 10.0. The standard InChI is InChI=1S/C16H18N2O5/c1-10-7-15(19)16(22-3)9-14(10)18(23-4)13-6-5-11(21-2)8-12(13)17-20/h5-9,17,20H,1H2,2-4H3/p+1/b18-14+. The van der Waals surface area contributed by atoms with Crippen LogP contribution < -0.4 is 10.2 Å². The summed E-state index contributed by atoms with van der Waals surface area (Å²) in [6.07, 6.45) is 3.06. The zero-order chi connectivity index (χ0) is 17.0. The van der Waals surface area contributed by atoms with Crippen LogP contribution in [0, 0.1) is 0 Å². The number of benzene rings is 1. The molecule has 122 valence electrons. The van der Waals surface area contributed by atoms with E-state index in [0.717, 1.165) is 0 Å². The molecule has 0 saturated carbocycles. The monoisotopic (exact) mass is 319 g/mol. The van der Waals surface area contributed by atoms with Gasteiger partial charge in [-0.3, -0.25) is 15.5 Å². The maximum atomic E-state index is 9.82. The predicted molar refractivity (Wildman–Crippen MR) is 85.3 cm³/mol. The minimum absolute atomic E-state index is 0.0208. The summed E-state index contributed by atoms with van der Waals surface area (Å²) >= 11 is 0. The third kappa shape index (κ3) is 3.14. The molecule has 1 aromatic carbocycles. The summed E-state index contributed by atoms with van der Waals surface area (Å²) in [6, 6.07) is 5.05. The molecule has 0 aromatic heterocycles. The Balaban J connectivity index is 2.63. The molecule has 23 heavy (non-hydrogen) atoms. The predicted octanol–water partition coefficient (Wildman–Crippen LogP) is 2.68. The van der Waals surface area contributed by atoms with Crippen molar-refractivity contribution < 1.29 is 29.4 Å². The zero-order valence-electron chi connectivity index (χ0n) is 13.2. The first-order valence-corrected chi connectivity index (χ1v) is 6.71. The molecule has 0 heterocycles. The van der Waals surface area contributed by atoms with Gasteiger partial charge in [0, 0.05) is 22.4 Å². The van der Waals surface area contributed by atoms with Gasteiger partial charge in [-0.15, -0.1) is 0 Å². The lowest BCUT2D eigenvalue weighted by Crippen LogP contribution is -2.20. The summed E-state index contributed by atoms with van der Waals surface area (Å²) in [6.45, 7) is 3.90. The van der Waals surface area contributed by atoms with E-state index in [0.29, 0.717) is 28.4 Å². The highest BCUT2D eigenvalue weighted by atomic mass is 16.7. The van der Waals surface area contributed by atoms with Gasteiger partial charge in [0.15, 0.2) is 11.5 Å². The Labute approximate surface area is 133 Å². The molecule has 0 spiro atoms. The van der Waals surface area contributed by atoms with Crippen LogP contribution in [0.2, 0.25) is 0 Å². The molecule has 2 rings (SSSR count). The van der Waals surface area contributed by atoms with Crippen LogP contribution in [-0.2, 0) is 9.57 Å². The van der Waals surface area contributed by atoms with E-state index in [9.17, 15) is 10.3 Å². The van der Waals surface area contributed by atoms with Gasteiger partial charge in [0.2, 0.25) is 0 Å². The number of nitrogens with one attached hydrogen (secondary N) is 1. The van der Waals surface area contributed by atoms with E-state index < -0.39 is 0 Å². The molecule has 0 radical (unpaired) electrons. The highest BCUT2D eigenvalue weighted by Crippen LogP contribution is 2.31. The number of rotatable bonds is 5. The maximum absolute atomic E-state index is 9.82. The van der Waals surface area contributed by atoms with Gasteiger partial charge < -0.3 is 14.6 Å². The van der Waals surface area contributed by atoms with Crippen LogP contribution in [0.3, 0.4) is 0 Å². The van der Waals surface area contributed by atoms with Gasteiger partial charge in [-0.05, 0) is 12.1 Å². The molecular weight excluding hydrogens is 300 g/mol. The Morgan fingerprint density at radius 3 is 2.43 bits per heavy atom. The Hall–Kier alpha value is -2.93. The number of anilines is 1. The summed E-state index contributed by atoms with van der Waals surface area (Å²) in [5.41, 5.74) is 4.07. The van der Waals surface area contributed by atoms with E-state index in [1.807, 2.05) is 0 Å². The first-order valence-electron chi connectivity index (χ1n) is 6.71. The Bertz CT molecular complexity index is 719. The largest absolute Gasteiger partial charge is 0.504 e. The van der Waals surface area contributed by atoms with E-state index in [1.165, 1.54) is 32.1 Å². The van der Waals surface area contributed by atoms with E-state index >= 15 is 0 Å². The molecular formula is C16H19N2O5+. The van der Waals surface area contributed by atoms with Crippen LogP contribution >= 0.6 is 0 Å². The Kier molecular flexibility index (Phi) is 4.92. The highest BCUT2D eigenvalue weighted by molar-refractivity contribution is 6.09. The van der Waals surface area contributed by atoms with E-state index in [1.54, 1.807) is 24.3 Å². The fourth-order valence-corrected chi connectivity index (χ4v) is 2.19. The van der Waals surface area contributed by atoms with E-state index in [4.69, 9.17) is 14.3 Å². The van der Waals surface area contributed by atoms with E-state index in [-0.39, 0.29) is 11.5 Å². The van der Waals surface area contributed by atoms with Crippen LogP contribution in [0.5, 0.6) is 5.75 Å². The van der Waals surface area contributed by atoms with Gasteiger partial charge in [0.25, 0.3) is 11.4 Å². The smallest absolute Gasteiger partial charge is 0.283 e. The average Bonchev–Trinajstić information content (AvgIpc) is 2.57. The summed E-state index contributed by atoms with van der Waals surface area (Å²) < 4.78 is 11.7. The second-order valence-electron chi connectivity index (χ2n) is 4.62. The molecule has 7 heteroatoms. The molecule has 0 atom stereocenters. The van der Waals surface area contributed by atoms with Crippen LogP contribution in [-0.4, -0.2) is 42.1 Å². The molecule has 1 aliphatic carbocycles. The number of nitrogens with zero attached hydrogens (tertiary/aromatic N) is 1. The fourth-order valence-electron chi connectivity index (χ4n) is 2.19. The minimum atomic E-state index is -0.0208. The highest BCUT2D eigenvalue weighted by Gasteiger charge is 2.28. The number of methoxy groups -OCH3 is 2. The number of hydrogen-bond acceptors (Lipinski definition) is 6. The molecule has 3 N–H and O–H groups in total. The SMILES string of the molecule is C=C1C=C(O)C(OC)=C/C1=[N+](\OC)c1ccc(OC)cc1NO. The van der Waals surface area contributed by atoms with Gasteiger partial charge >= 0.3 is 0 Å². The number of aliphatic hydroxyl groups excluding tert-OH is 1. The van der Waals surface area contributed by atoms with Crippen LogP contribution in [0.1, 0.15) is 0 Å². The van der Waals surface area contributed by atoms with Crippen molar-refractivity contribution in [1.29, 1.82) is 0 Å².